The quantitative estimate of drug-likeness (QED) is 0.148. The monoisotopic (exact) mass is 637 g/mol. The fourth-order valence-electron chi connectivity index (χ4n) is 6.32. The lowest BCUT2D eigenvalue weighted by atomic mass is 10.1. The number of methoxy groups -OCH3 is 1. The number of benzene rings is 2. The Labute approximate surface area is 277 Å². The van der Waals surface area contributed by atoms with E-state index in [1.807, 2.05) is 37.3 Å². The molecule has 10 heteroatoms. The molecule has 2 N–H and O–H groups in total. The minimum atomic E-state index is -0.209. The molecule has 1 amide bonds. The number of rotatable bonds is 14. The van der Waals surface area contributed by atoms with E-state index < -0.39 is 0 Å². The maximum Gasteiger partial charge on any atom is 0.257 e. The molecule has 0 atom stereocenters. The van der Waals surface area contributed by atoms with Gasteiger partial charge in [0.05, 0.1) is 18.5 Å². The number of hydrogen-bond acceptors (Lipinski definition) is 8. The maximum absolute atomic E-state index is 13.4. The summed E-state index contributed by atoms with van der Waals surface area (Å²) >= 11 is 0. The Morgan fingerprint density at radius 2 is 1.74 bits per heavy atom. The Bertz CT molecular complexity index is 1760. The largest absolute Gasteiger partial charge is 0.494 e. The van der Waals surface area contributed by atoms with Crippen LogP contribution in [0.2, 0.25) is 0 Å². The van der Waals surface area contributed by atoms with Gasteiger partial charge in [0.15, 0.2) is 5.65 Å². The van der Waals surface area contributed by atoms with E-state index in [9.17, 15) is 9.59 Å². The molecular weight excluding hydrogens is 590 g/mol. The molecule has 6 rings (SSSR count). The number of amides is 1. The number of ether oxygens (including phenoxy) is 1. The summed E-state index contributed by atoms with van der Waals surface area (Å²) < 4.78 is 7.37. The number of piperazine rings is 1. The van der Waals surface area contributed by atoms with Crippen LogP contribution in [0.1, 0.15) is 63.9 Å². The first kappa shape index (κ1) is 32.5. The van der Waals surface area contributed by atoms with E-state index in [2.05, 4.69) is 44.5 Å². The number of hydrogen-bond donors (Lipinski definition) is 2. The molecule has 0 bridgehead atoms. The highest BCUT2D eigenvalue weighted by molar-refractivity contribution is 5.94. The van der Waals surface area contributed by atoms with E-state index in [4.69, 9.17) is 9.72 Å². The number of nitrogens with one attached hydrogen (secondary N) is 2. The summed E-state index contributed by atoms with van der Waals surface area (Å²) in [7, 11) is 1.67. The van der Waals surface area contributed by atoms with Gasteiger partial charge in [0.25, 0.3) is 5.56 Å². The Hall–Kier alpha value is -4.44. The van der Waals surface area contributed by atoms with Crippen molar-refractivity contribution >= 4 is 40.0 Å². The molecule has 2 aromatic carbocycles. The van der Waals surface area contributed by atoms with Crippen LogP contribution in [0.5, 0.6) is 5.75 Å². The van der Waals surface area contributed by atoms with Gasteiger partial charge < -0.3 is 20.3 Å². The van der Waals surface area contributed by atoms with Crippen molar-refractivity contribution < 1.29 is 9.53 Å². The number of carbonyl (C=O) groups is 1. The van der Waals surface area contributed by atoms with Gasteiger partial charge in [-0.25, -0.2) is 4.98 Å². The fourth-order valence-corrected chi connectivity index (χ4v) is 6.32. The van der Waals surface area contributed by atoms with Crippen LogP contribution in [0.4, 0.5) is 23.0 Å². The third-order valence-corrected chi connectivity index (χ3v) is 9.28. The molecule has 0 spiro atoms. The number of carbonyl (C=O) groups excluding carboxylic acids is 1. The van der Waals surface area contributed by atoms with Gasteiger partial charge in [-0.05, 0) is 68.6 Å². The molecule has 1 aliphatic heterocycles. The number of fused-ring (bicyclic) bond motifs is 1. The zero-order valence-electron chi connectivity index (χ0n) is 27.9. The van der Waals surface area contributed by atoms with E-state index in [0.29, 0.717) is 28.7 Å². The lowest BCUT2D eigenvalue weighted by Crippen LogP contribution is -2.46. The SMILES string of the molecule is CCCCCCCCN1CCN(c2ccc(Nc3ncc4c(C)cc(=O)n(-c5cccc(NC(=O)C6CC6)c5)c4n3)c(OC)c2)CC1. The van der Waals surface area contributed by atoms with Crippen molar-refractivity contribution in [2.75, 3.05) is 55.4 Å². The van der Waals surface area contributed by atoms with Crippen molar-refractivity contribution in [3.8, 4) is 11.4 Å². The van der Waals surface area contributed by atoms with Crippen molar-refractivity contribution in [2.45, 2.75) is 65.2 Å². The van der Waals surface area contributed by atoms with Crippen molar-refractivity contribution in [1.29, 1.82) is 0 Å². The number of pyridine rings is 1. The number of unbranched alkanes of at least 4 members (excludes halogenated alkanes) is 5. The van der Waals surface area contributed by atoms with Crippen LogP contribution in [0, 0.1) is 12.8 Å². The summed E-state index contributed by atoms with van der Waals surface area (Å²) in [6.45, 7) is 9.45. The lowest BCUT2D eigenvalue weighted by molar-refractivity contribution is -0.117. The topological polar surface area (TPSA) is 105 Å². The molecule has 3 heterocycles. The van der Waals surface area contributed by atoms with Gasteiger partial charge in [-0.2, -0.15) is 4.98 Å². The second-order valence-corrected chi connectivity index (χ2v) is 12.9. The van der Waals surface area contributed by atoms with Gasteiger partial charge in [-0.3, -0.25) is 19.1 Å². The Morgan fingerprint density at radius 1 is 0.957 bits per heavy atom. The van der Waals surface area contributed by atoms with Gasteiger partial charge in [-0.15, -0.1) is 0 Å². The molecule has 0 unspecified atom stereocenters. The molecule has 2 aromatic heterocycles. The Kier molecular flexibility index (Phi) is 10.4. The zero-order valence-corrected chi connectivity index (χ0v) is 27.9. The van der Waals surface area contributed by atoms with Crippen LogP contribution in [-0.2, 0) is 4.79 Å². The summed E-state index contributed by atoms with van der Waals surface area (Å²) in [6.07, 6.45) is 11.6. The van der Waals surface area contributed by atoms with Gasteiger partial charge in [0.2, 0.25) is 11.9 Å². The summed E-state index contributed by atoms with van der Waals surface area (Å²) in [6, 6.07) is 15.1. The van der Waals surface area contributed by atoms with Crippen molar-refractivity contribution in [3.63, 3.8) is 0 Å². The van der Waals surface area contributed by atoms with E-state index >= 15 is 0 Å². The maximum atomic E-state index is 13.4. The third kappa shape index (κ3) is 7.93. The predicted molar refractivity (Wildman–Crippen MR) is 190 cm³/mol. The standard InChI is InChI=1S/C37H47N7O3/c1-4-5-6-7-8-9-17-42-18-20-43(21-19-42)29-15-16-32(33(24-29)47-3)40-37-38-25-31-26(2)22-34(45)44(35(31)41-37)30-12-10-11-28(23-30)39-36(46)27-13-14-27/h10-12,15-16,22-25,27H,4-9,13-14,17-21H2,1-3H3,(H,39,46)(H,38,40,41). The molecule has 1 aliphatic carbocycles. The Morgan fingerprint density at radius 3 is 2.51 bits per heavy atom. The zero-order chi connectivity index (χ0) is 32.8. The average Bonchev–Trinajstić information content (AvgIpc) is 3.93. The second-order valence-electron chi connectivity index (χ2n) is 12.9. The minimum Gasteiger partial charge on any atom is -0.494 e. The molecule has 47 heavy (non-hydrogen) atoms. The van der Waals surface area contributed by atoms with Crippen LogP contribution in [0.3, 0.4) is 0 Å². The molecular formula is C37H47N7O3. The average molecular weight is 638 g/mol. The first-order valence-corrected chi connectivity index (χ1v) is 17.2. The normalized spacial score (nSPS) is 15.2. The van der Waals surface area contributed by atoms with Crippen molar-refractivity contribution in [1.82, 2.24) is 19.4 Å². The molecule has 2 aliphatic rings. The number of anilines is 4. The van der Waals surface area contributed by atoms with Gasteiger partial charge in [0.1, 0.15) is 5.75 Å². The van der Waals surface area contributed by atoms with Gasteiger partial charge in [-0.1, -0.05) is 45.1 Å². The predicted octanol–water partition coefficient (Wildman–Crippen LogP) is 6.67. The number of aryl methyl sites for hydroxylation is 1. The van der Waals surface area contributed by atoms with E-state index in [1.54, 1.807) is 23.9 Å². The Balaban J connectivity index is 1.17. The lowest BCUT2D eigenvalue weighted by Gasteiger charge is -2.36. The van der Waals surface area contributed by atoms with Crippen LogP contribution < -0.4 is 25.8 Å². The molecule has 2 fully saturated rings. The van der Waals surface area contributed by atoms with Crippen LogP contribution >= 0.6 is 0 Å². The number of aromatic nitrogens is 3. The van der Waals surface area contributed by atoms with Gasteiger partial charge >= 0.3 is 0 Å². The molecule has 1 saturated heterocycles. The smallest absolute Gasteiger partial charge is 0.257 e. The molecule has 1 saturated carbocycles. The highest BCUT2D eigenvalue weighted by Gasteiger charge is 2.29. The van der Waals surface area contributed by atoms with Crippen LogP contribution in [0.25, 0.3) is 16.7 Å². The first-order valence-electron chi connectivity index (χ1n) is 17.2. The summed E-state index contributed by atoms with van der Waals surface area (Å²) in [5.41, 5.74) is 4.20. The first-order chi connectivity index (χ1) is 22.9. The van der Waals surface area contributed by atoms with Gasteiger partial charge in [0, 0.05) is 67.2 Å². The van der Waals surface area contributed by atoms with Crippen molar-refractivity contribution in [2.24, 2.45) is 5.92 Å². The van der Waals surface area contributed by atoms with Crippen molar-refractivity contribution in [3.05, 3.63) is 70.6 Å². The van der Waals surface area contributed by atoms with E-state index in [-0.39, 0.29) is 17.4 Å². The molecule has 248 valence electrons. The highest BCUT2D eigenvalue weighted by Crippen LogP contribution is 2.33. The highest BCUT2D eigenvalue weighted by atomic mass is 16.5. The summed E-state index contributed by atoms with van der Waals surface area (Å²) in [5, 5.41) is 7.06. The summed E-state index contributed by atoms with van der Waals surface area (Å²) in [5.74, 6) is 1.15. The van der Waals surface area contributed by atoms with E-state index in [1.165, 1.54) is 45.1 Å². The number of nitrogens with zero attached hydrogens (tertiary/aromatic N) is 5. The third-order valence-electron chi connectivity index (χ3n) is 9.28. The summed E-state index contributed by atoms with van der Waals surface area (Å²) in [4.78, 5) is 40.1. The van der Waals surface area contributed by atoms with Crippen LogP contribution in [-0.4, -0.2) is 65.2 Å². The molecule has 4 aromatic rings. The molecule has 10 nitrogen and oxygen atoms in total. The van der Waals surface area contributed by atoms with Crippen LogP contribution in [0.15, 0.2) is 59.5 Å². The van der Waals surface area contributed by atoms with E-state index in [0.717, 1.165) is 61.3 Å². The molecule has 0 radical (unpaired) electrons. The minimum absolute atomic E-state index is 0.0165. The second kappa shape index (κ2) is 15.0. The fraction of sp³-hybridized carbons (Fsp3) is 0.459.